The topological polar surface area (TPSA) is 73.0 Å². The maximum Gasteiger partial charge on any atom is 0.419 e. The Kier molecular flexibility index (Phi) is 3.35. The van der Waals surface area contributed by atoms with Crippen LogP contribution < -0.4 is 11.1 Å². The fourth-order valence-corrected chi connectivity index (χ4v) is 2.52. The molecular weight excluding hydrogens is 304 g/mol. The van der Waals surface area contributed by atoms with Crippen LogP contribution in [-0.2, 0) is 7.05 Å². The van der Waals surface area contributed by atoms with Crippen molar-refractivity contribution in [3.05, 3.63) is 71.3 Å². The third-order valence-corrected chi connectivity index (χ3v) is 3.77. The third kappa shape index (κ3) is 2.54. The molecule has 0 spiro atoms. The van der Waals surface area contributed by atoms with Crippen molar-refractivity contribution >= 4 is 22.7 Å². The summed E-state index contributed by atoms with van der Waals surface area (Å²) in [5.74, 6) is 0.129. The largest absolute Gasteiger partial charge is 0.419 e. The highest BCUT2D eigenvalue weighted by Crippen LogP contribution is 2.23. The molecule has 0 aliphatic carbocycles. The van der Waals surface area contributed by atoms with Crippen LogP contribution in [0.1, 0.15) is 0 Å². The number of hydrogen-bond acceptors (Lipinski definition) is 5. The Balaban J connectivity index is 1.71. The van der Waals surface area contributed by atoms with E-state index in [0.29, 0.717) is 11.5 Å². The molecule has 0 amide bonds. The summed E-state index contributed by atoms with van der Waals surface area (Å²) < 4.78 is 6.71. The molecular formula is C18H14N4O2. The van der Waals surface area contributed by atoms with Crippen LogP contribution in [0.2, 0.25) is 0 Å². The highest BCUT2D eigenvalue weighted by molar-refractivity contribution is 5.79. The van der Waals surface area contributed by atoms with Crippen LogP contribution in [0.15, 0.2) is 70.0 Å². The first kappa shape index (κ1) is 14.2. The minimum absolute atomic E-state index is 0.378. The Bertz CT molecular complexity index is 1070. The van der Waals surface area contributed by atoms with Crippen LogP contribution in [0.5, 0.6) is 0 Å². The number of nitrogens with zero attached hydrogens (tertiary/aromatic N) is 3. The predicted octanol–water partition coefficient (Wildman–Crippen LogP) is 3.33. The molecule has 0 bridgehead atoms. The normalized spacial score (nSPS) is 10.9. The highest BCUT2D eigenvalue weighted by atomic mass is 16.4. The molecule has 0 atom stereocenters. The highest BCUT2D eigenvalue weighted by Gasteiger charge is 2.09. The fraction of sp³-hybridized carbons (Fsp3) is 0.0556. The minimum Gasteiger partial charge on any atom is -0.408 e. The average Bonchev–Trinajstić information content (AvgIpc) is 2.90. The summed E-state index contributed by atoms with van der Waals surface area (Å²) in [6.07, 6.45) is 1.69. The summed E-state index contributed by atoms with van der Waals surface area (Å²) in [6, 6.07) is 17.1. The second kappa shape index (κ2) is 5.66. The number of rotatable bonds is 3. The monoisotopic (exact) mass is 318 g/mol. The lowest BCUT2D eigenvalue weighted by atomic mass is 10.1. The van der Waals surface area contributed by atoms with E-state index in [-0.39, 0.29) is 5.76 Å². The Morgan fingerprint density at radius 3 is 2.75 bits per heavy atom. The molecule has 6 nitrogen and oxygen atoms in total. The zero-order valence-electron chi connectivity index (χ0n) is 12.9. The van der Waals surface area contributed by atoms with Crippen molar-refractivity contribution in [3.63, 3.8) is 0 Å². The third-order valence-electron chi connectivity index (χ3n) is 3.77. The lowest BCUT2D eigenvalue weighted by molar-refractivity contribution is 0.528. The number of aromatic nitrogens is 3. The Morgan fingerprint density at radius 2 is 1.92 bits per heavy atom. The van der Waals surface area contributed by atoms with Gasteiger partial charge in [-0.15, -0.1) is 0 Å². The van der Waals surface area contributed by atoms with Gasteiger partial charge in [0.2, 0.25) is 5.95 Å². The molecule has 2 aromatic heterocycles. The first-order valence-electron chi connectivity index (χ1n) is 7.46. The zero-order chi connectivity index (χ0) is 16.5. The van der Waals surface area contributed by atoms with Crippen LogP contribution in [0.3, 0.4) is 0 Å². The molecule has 0 unspecified atom stereocenters. The number of fused-ring (bicyclic) bond motifs is 1. The van der Waals surface area contributed by atoms with Gasteiger partial charge in [-0.25, -0.2) is 14.8 Å². The van der Waals surface area contributed by atoms with E-state index >= 15 is 0 Å². The van der Waals surface area contributed by atoms with Gasteiger partial charge in [0.15, 0.2) is 5.58 Å². The summed E-state index contributed by atoms with van der Waals surface area (Å²) in [7, 11) is 1.68. The van der Waals surface area contributed by atoms with Gasteiger partial charge in [0.1, 0.15) is 0 Å². The Hall–Kier alpha value is -3.41. The van der Waals surface area contributed by atoms with Crippen molar-refractivity contribution in [3.8, 4) is 11.3 Å². The second-order valence-electron chi connectivity index (χ2n) is 5.37. The van der Waals surface area contributed by atoms with Crippen LogP contribution in [-0.4, -0.2) is 14.5 Å². The average molecular weight is 318 g/mol. The molecule has 2 aromatic carbocycles. The number of oxazole rings is 1. The molecule has 6 heteroatoms. The van der Waals surface area contributed by atoms with Crippen molar-refractivity contribution in [2.75, 3.05) is 5.32 Å². The summed E-state index contributed by atoms with van der Waals surface area (Å²) in [4.78, 5) is 20.4. The number of para-hydroxylation sites is 1. The van der Waals surface area contributed by atoms with Crippen molar-refractivity contribution < 1.29 is 4.42 Å². The van der Waals surface area contributed by atoms with Gasteiger partial charge >= 0.3 is 5.76 Å². The fourth-order valence-electron chi connectivity index (χ4n) is 2.52. The van der Waals surface area contributed by atoms with Crippen LogP contribution in [0.25, 0.3) is 22.4 Å². The van der Waals surface area contributed by atoms with Crippen molar-refractivity contribution in [2.45, 2.75) is 0 Å². The van der Waals surface area contributed by atoms with Gasteiger partial charge in [-0.3, -0.25) is 4.57 Å². The smallest absolute Gasteiger partial charge is 0.408 e. The van der Waals surface area contributed by atoms with Crippen molar-refractivity contribution in [1.29, 1.82) is 0 Å². The number of hydrogen-bond donors (Lipinski definition) is 1. The second-order valence-corrected chi connectivity index (χ2v) is 5.37. The lowest BCUT2D eigenvalue weighted by Gasteiger charge is -2.06. The summed E-state index contributed by atoms with van der Waals surface area (Å²) in [6.45, 7) is 0. The van der Waals surface area contributed by atoms with E-state index in [1.54, 1.807) is 13.2 Å². The number of anilines is 2. The summed E-state index contributed by atoms with van der Waals surface area (Å²) in [5.41, 5.74) is 3.81. The van der Waals surface area contributed by atoms with Gasteiger partial charge in [-0.1, -0.05) is 24.3 Å². The van der Waals surface area contributed by atoms with Gasteiger partial charge in [0, 0.05) is 24.5 Å². The lowest BCUT2D eigenvalue weighted by Crippen LogP contribution is -2.08. The van der Waals surface area contributed by atoms with E-state index in [4.69, 9.17) is 4.42 Å². The summed E-state index contributed by atoms with van der Waals surface area (Å²) in [5, 5.41) is 3.16. The van der Waals surface area contributed by atoms with Gasteiger partial charge < -0.3 is 9.73 Å². The quantitative estimate of drug-likeness (QED) is 0.627. The molecule has 0 radical (unpaired) electrons. The van der Waals surface area contributed by atoms with Crippen molar-refractivity contribution in [2.24, 2.45) is 7.05 Å². The molecule has 118 valence electrons. The molecule has 4 aromatic rings. The molecule has 0 aliphatic rings. The van der Waals surface area contributed by atoms with Crippen LogP contribution in [0.4, 0.5) is 11.6 Å². The zero-order valence-corrected chi connectivity index (χ0v) is 12.9. The molecule has 2 heterocycles. The van der Waals surface area contributed by atoms with Gasteiger partial charge in [0.25, 0.3) is 0 Å². The van der Waals surface area contributed by atoms with Gasteiger partial charge in [-0.05, 0) is 30.3 Å². The van der Waals surface area contributed by atoms with E-state index in [2.05, 4.69) is 15.3 Å². The van der Waals surface area contributed by atoms with Gasteiger partial charge in [0.05, 0.1) is 11.2 Å². The number of benzene rings is 2. The maximum atomic E-state index is 11.6. The SMILES string of the molecule is Cn1c(=O)oc2cc(-c3ccnc(Nc4ccccc4)n3)ccc21. The molecule has 4 rings (SSSR count). The molecule has 24 heavy (non-hydrogen) atoms. The standard InChI is InChI=1S/C18H14N4O2/c1-22-15-8-7-12(11-16(15)24-18(22)23)14-9-10-19-17(21-14)20-13-5-3-2-4-6-13/h2-11H,1H3,(H,19,20,21). The number of nitrogens with one attached hydrogen (secondary N) is 1. The predicted molar refractivity (Wildman–Crippen MR) is 92.2 cm³/mol. The van der Waals surface area contributed by atoms with E-state index in [1.807, 2.05) is 54.6 Å². The van der Waals surface area contributed by atoms with E-state index in [9.17, 15) is 4.79 Å². The molecule has 0 aliphatic heterocycles. The maximum absolute atomic E-state index is 11.6. The van der Waals surface area contributed by atoms with E-state index in [0.717, 1.165) is 22.5 Å². The van der Waals surface area contributed by atoms with Crippen LogP contribution in [0, 0.1) is 0 Å². The first-order valence-corrected chi connectivity index (χ1v) is 7.46. The molecule has 0 fully saturated rings. The first-order chi connectivity index (χ1) is 11.7. The Labute approximate surface area is 137 Å². The van der Waals surface area contributed by atoms with E-state index < -0.39 is 0 Å². The van der Waals surface area contributed by atoms with Crippen LogP contribution >= 0.6 is 0 Å². The Morgan fingerprint density at radius 1 is 1.08 bits per heavy atom. The minimum atomic E-state index is -0.378. The molecule has 0 saturated heterocycles. The summed E-state index contributed by atoms with van der Waals surface area (Å²) >= 11 is 0. The molecule has 1 N–H and O–H groups in total. The molecule has 0 saturated carbocycles. The van der Waals surface area contributed by atoms with Crippen molar-refractivity contribution in [1.82, 2.24) is 14.5 Å². The van der Waals surface area contributed by atoms with Gasteiger partial charge in [-0.2, -0.15) is 0 Å². The van der Waals surface area contributed by atoms with E-state index in [1.165, 1.54) is 4.57 Å². The number of aryl methyl sites for hydroxylation is 1.